The summed E-state index contributed by atoms with van der Waals surface area (Å²) in [5.74, 6) is 0.805. The van der Waals surface area contributed by atoms with Gasteiger partial charge in [0.2, 0.25) is 0 Å². The standard InChI is InChI=1S/C26H29N3O3S/c1-20-11-13-22(14-12-20)27-33(31)23-8-5-7-21(19-23)26(30)29-16-6-15-28(17-18-29)24-9-3-4-10-25(24)32-2/h3-5,7-14,19,27H,6,15-18H2,1-2H3. The number of para-hydroxylation sites is 2. The number of nitrogens with zero attached hydrogens (tertiary/aromatic N) is 2. The Morgan fingerprint density at radius 2 is 1.76 bits per heavy atom. The van der Waals surface area contributed by atoms with Gasteiger partial charge in [-0.05, 0) is 49.7 Å². The quantitative estimate of drug-likeness (QED) is 0.546. The average molecular weight is 464 g/mol. The predicted molar refractivity (Wildman–Crippen MR) is 133 cm³/mol. The second-order valence-corrected chi connectivity index (χ2v) is 9.28. The monoisotopic (exact) mass is 463 g/mol. The molecule has 1 heterocycles. The van der Waals surface area contributed by atoms with Gasteiger partial charge in [-0.15, -0.1) is 0 Å². The normalized spacial score (nSPS) is 15.0. The lowest BCUT2D eigenvalue weighted by molar-refractivity contribution is 0.0767. The molecule has 1 saturated heterocycles. The van der Waals surface area contributed by atoms with Crippen LogP contribution in [0.15, 0.2) is 77.7 Å². The zero-order valence-corrected chi connectivity index (χ0v) is 19.8. The van der Waals surface area contributed by atoms with E-state index in [1.54, 1.807) is 31.4 Å². The third kappa shape index (κ3) is 5.61. The minimum absolute atomic E-state index is 0.0361. The molecule has 1 unspecified atom stereocenters. The maximum absolute atomic E-state index is 13.3. The van der Waals surface area contributed by atoms with Crippen LogP contribution in [-0.2, 0) is 11.4 Å². The molecule has 1 N–H and O–H groups in total. The third-order valence-corrected chi connectivity index (χ3v) is 6.87. The molecule has 6 nitrogen and oxygen atoms in total. The molecule has 0 spiro atoms. The first-order valence-electron chi connectivity index (χ1n) is 11.1. The lowest BCUT2D eigenvalue weighted by atomic mass is 10.2. The van der Waals surface area contributed by atoms with E-state index in [0.29, 0.717) is 23.5 Å². The van der Waals surface area contributed by atoms with Gasteiger partial charge in [0, 0.05) is 37.8 Å². The second kappa shape index (κ2) is 10.6. The van der Waals surface area contributed by atoms with E-state index < -0.39 is 11.4 Å². The number of nitrogens with one attached hydrogen (secondary N) is 1. The zero-order valence-electron chi connectivity index (χ0n) is 19.0. The number of carbonyl (C=O) groups excluding carboxylic acids is 1. The third-order valence-electron chi connectivity index (χ3n) is 5.77. The molecule has 1 amide bonds. The van der Waals surface area contributed by atoms with Crippen LogP contribution in [0.2, 0.25) is 0 Å². The number of aryl methyl sites for hydroxylation is 1. The van der Waals surface area contributed by atoms with Gasteiger partial charge in [0.05, 0.1) is 18.5 Å². The molecule has 0 aliphatic carbocycles. The fraction of sp³-hybridized carbons (Fsp3) is 0.269. The van der Waals surface area contributed by atoms with Crippen molar-refractivity contribution in [3.63, 3.8) is 0 Å². The Hall–Kier alpha value is -3.16. The highest BCUT2D eigenvalue weighted by atomic mass is 32.2. The van der Waals surface area contributed by atoms with E-state index in [9.17, 15) is 9.35 Å². The minimum Gasteiger partial charge on any atom is -0.588 e. The summed E-state index contributed by atoms with van der Waals surface area (Å²) >= 11 is -1.45. The number of anilines is 2. The second-order valence-electron chi connectivity index (χ2n) is 8.07. The molecule has 3 aromatic carbocycles. The van der Waals surface area contributed by atoms with Crippen LogP contribution >= 0.6 is 0 Å². The molecule has 1 aliphatic rings. The van der Waals surface area contributed by atoms with Crippen molar-refractivity contribution < 1.29 is 14.1 Å². The van der Waals surface area contributed by atoms with Crippen molar-refractivity contribution in [2.45, 2.75) is 18.2 Å². The Kier molecular flexibility index (Phi) is 7.42. The van der Waals surface area contributed by atoms with Gasteiger partial charge in [-0.25, -0.2) is 4.72 Å². The fourth-order valence-corrected chi connectivity index (χ4v) is 4.87. The lowest BCUT2D eigenvalue weighted by Gasteiger charge is -2.25. The van der Waals surface area contributed by atoms with Crippen LogP contribution < -0.4 is 14.4 Å². The number of ether oxygens (including phenoxy) is 1. The molecule has 1 aliphatic heterocycles. The van der Waals surface area contributed by atoms with Gasteiger partial charge < -0.3 is 19.1 Å². The highest BCUT2D eigenvalue weighted by molar-refractivity contribution is 7.92. The summed E-state index contributed by atoms with van der Waals surface area (Å²) in [5, 5.41) is 0. The van der Waals surface area contributed by atoms with E-state index >= 15 is 0 Å². The van der Waals surface area contributed by atoms with Crippen LogP contribution in [0.25, 0.3) is 0 Å². The average Bonchev–Trinajstić information content (AvgIpc) is 3.11. The molecule has 4 rings (SSSR count). The summed E-state index contributed by atoms with van der Waals surface area (Å²) in [5.41, 5.74) is 3.52. The van der Waals surface area contributed by atoms with E-state index in [0.717, 1.165) is 42.2 Å². The van der Waals surface area contributed by atoms with Crippen LogP contribution in [0, 0.1) is 6.92 Å². The lowest BCUT2D eigenvalue weighted by Crippen LogP contribution is -2.35. The minimum atomic E-state index is -1.45. The molecular weight excluding hydrogens is 434 g/mol. The van der Waals surface area contributed by atoms with Crippen molar-refractivity contribution in [2.24, 2.45) is 0 Å². The summed E-state index contributed by atoms with van der Waals surface area (Å²) in [6.07, 6.45) is 0.865. The Morgan fingerprint density at radius 1 is 0.970 bits per heavy atom. The molecule has 7 heteroatoms. The van der Waals surface area contributed by atoms with Crippen LogP contribution in [0.5, 0.6) is 5.75 Å². The largest absolute Gasteiger partial charge is 0.588 e. The van der Waals surface area contributed by atoms with E-state index in [4.69, 9.17) is 4.74 Å². The van der Waals surface area contributed by atoms with Crippen molar-refractivity contribution in [2.75, 3.05) is 42.9 Å². The van der Waals surface area contributed by atoms with E-state index in [1.807, 2.05) is 54.3 Å². The summed E-state index contributed by atoms with van der Waals surface area (Å²) in [6, 6.07) is 22.8. The van der Waals surface area contributed by atoms with Gasteiger partial charge in [0.15, 0.2) is 4.90 Å². The first-order valence-corrected chi connectivity index (χ1v) is 12.2. The molecule has 1 atom stereocenters. The number of carbonyl (C=O) groups is 1. The Balaban J connectivity index is 1.43. The maximum atomic E-state index is 13.3. The maximum Gasteiger partial charge on any atom is 0.254 e. The number of methoxy groups -OCH3 is 1. The summed E-state index contributed by atoms with van der Waals surface area (Å²) < 4.78 is 21.3. The van der Waals surface area contributed by atoms with Gasteiger partial charge in [0.1, 0.15) is 17.1 Å². The molecule has 33 heavy (non-hydrogen) atoms. The van der Waals surface area contributed by atoms with Crippen LogP contribution in [0.3, 0.4) is 0 Å². The summed E-state index contributed by atoms with van der Waals surface area (Å²) in [6.45, 7) is 4.89. The number of benzene rings is 3. The molecule has 0 radical (unpaired) electrons. The summed E-state index contributed by atoms with van der Waals surface area (Å²) in [4.78, 5) is 18.0. The smallest absolute Gasteiger partial charge is 0.254 e. The molecular formula is C26H29N3O3S. The van der Waals surface area contributed by atoms with Crippen molar-refractivity contribution in [1.82, 2.24) is 4.90 Å². The first kappa shape index (κ1) is 23.0. The molecule has 0 aromatic heterocycles. The Bertz CT molecular complexity index is 1090. The molecule has 1 fully saturated rings. The Labute approximate surface area is 198 Å². The number of hydrogen-bond acceptors (Lipinski definition) is 5. The van der Waals surface area contributed by atoms with Crippen molar-refractivity contribution in [3.05, 3.63) is 83.9 Å². The molecule has 3 aromatic rings. The van der Waals surface area contributed by atoms with E-state index in [2.05, 4.69) is 15.7 Å². The van der Waals surface area contributed by atoms with Gasteiger partial charge in [0.25, 0.3) is 5.91 Å². The topological polar surface area (TPSA) is 67.9 Å². The van der Waals surface area contributed by atoms with Gasteiger partial charge in [-0.3, -0.25) is 4.79 Å². The van der Waals surface area contributed by atoms with Crippen molar-refractivity contribution in [3.8, 4) is 5.75 Å². The van der Waals surface area contributed by atoms with Crippen LogP contribution in [0.1, 0.15) is 22.3 Å². The summed E-state index contributed by atoms with van der Waals surface area (Å²) in [7, 11) is 1.68. The highest BCUT2D eigenvalue weighted by Gasteiger charge is 2.23. The highest BCUT2D eigenvalue weighted by Crippen LogP contribution is 2.28. The molecule has 0 bridgehead atoms. The zero-order chi connectivity index (χ0) is 23.2. The van der Waals surface area contributed by atoms with E-state index in [1.165, 1.54) is 0 Å². The molecule has 172 valence electrons. The number of hydrogen-bond donors (Lipinski definition) is 1. The fourth-order valence-electron chi connectivity index (χ4n) is 3.97. The Morgan fingerprint density at radius 3 is 2.55 bits per heavy atom. The van der Waals surface area contributed by atoms with Gasteiger partial charge in [-0.2, -0.15) is 0 Å². The molecule has 0 saturated carbocycles. The van der Waals surface area contributed by atoms with Gasteiger partial charge in [-0.1, -0.05) is 35.9 Å². The van der Waals surface area contributed by atoms with Crippen LogP contribution in [0.4, 0.5) is 11.4 Å². The van der Waals surface area contributed by atoms with Crippen LogP contribution in [-0.4, -0.2) is 48.6 Å². The van der Waals surface area contributed by atoms with E-state index in [-0.39, 0.29) is 5.91 Å². The SMILES string of the molecule is COc1ccccc1N1CCCN(C(=O)c2cccc([S+]([O-])Nc3ccc(C)cc3)c2)CC1. The number of amides is 1. The number of rotatable bonds is 6. The predicted octanol–water partition coefficient (Wildman–Crippen LogP) is 4.49. The van der Waals surface area contributed by atoms with Crippen molar-refractivity contribution >= 4 is 28.6 Å². The van der Waals surface area contributed by atoms with Crippen molar-refractivity contribution in [1.29, 1.82) is 0 Å². The first-order chi connectivity index (χ1) is 16.0. The van der Waals surface area contributed by atoms with Gasteiger partial charge >= 0.3 is 0 Å².